The highest BCUT2D eigenvalue weighted by molar-refractivity contribution is 5.77. The van der Waals surface area contributed by atoms with Crippen LogP contribution in [0.25, 0.3) is 0 Å². The zero-order valence-electron chi connectivity index (χ0n) is 13.7. The number of carbonyl (C=O) groups excluding carboxylic acids is 1. The Labute approximate surface area is 127 Å². The van der Waals surface area contributed by atoms with E-state index >= 15 is 0 Å². The molecule has 0 unspecified atom stereocenters. The average molecular weight is 293 g/mol. The van der Waals surface area contributed by atoms with E-state index in [9.17, 15) is 4.79 Å². The summed E-state index contributed by atoms with van der Waals surface area (Å²) in [6.07, 6.45) is 0. The maximum atomic E-state index is 11.8. The summed E-state index contributed by atoms with van der Waals surface area (Å²) in [6, 6.07) is 7.19. The van der Waals surface area contributed by atoms with E-state index in [0.717, 1.165) is 5.75 Å². The monoisotopic (exact) mass is 293 g/mol. The van der Waals surface area contributed by atoms with Gasteiger partial charge in [0, 0.05) is 6.54 Å². The molecule has 1 amide bonds. The molecule has 0 aliphatic carbocycles. The van der Waals surface area contributed by atoms with Crippen LogP contribution in [-0.4, -0.2) is 26.2 Å². The Hall–Kier alpha value is -1.71. The van der Waals surface area contributed by atoms with Crippen LogP contribution in [0.3, 0.4) is 0 Å². The zero-order chi connectivity index (χ0) is 15.8. The van der Waals surface area contributed by atoms with Crippen molar-refractivity contribution in [2.24, 2.45) is 17.8 Å². The quantitative estimate of drug-likeness (QED) is 0.801. The largest absolute Gasteiger partial charge is 0.497 e. The number of hydrogen-bond donors (Lipinski definition) is 1. The predicted octanol–water partition coefficient (Wildman–Crippen LogP) is 3.12. The van der Waals surface area contributed by atoms with Gasteiger partial charge in [-0.15, -0.1) is 0 Å². The Morgan fingerprint density at radius 2 is 1.57 bits per heavy atom. The molecule has 0 aliphatic rings. The lowest BCUT2D eigenvalue weighted by atomic mass is 9.85. The number of carbonyl (C=O) groups is 1. The van der Waals surface area contributed by atoms with Gasteiger partial charge in [0.05, 0.1) is 7.11 Å². The van der Waals surface area contributed by atoms with Crippen molar-refractivity contribution in [3.8, 4) is 11.5 Å². The first-order chi connectivity index (χ1) is 9.93. The van der Waals surface area contributed by atoms with Crippen LogP contribution in [-0.2, 0) is 4.79 Å². The minimum atomic E-state index is -0.0860. The van der Waals surface area contributed by atoms with Crippen LogP contribution in [0.1, 0.15) is 27.7 Å². The van der Waals surface area contributed by atoms with E-state index < -0.39 is 0 Å². The van der Waals surface area contributed by atoms with Crippen molar-refractivity contribution in [3.05, 3.63) is 24.3 Å². The van der Waals surface area contributed by atoms with Gasteiger partial charge in [0.1, 0.15) is 11.5 Å². The summed E-state index contributed by atoms with van der Waals surface area (Å²) >= 11 is 0. The first-order valence-electron chi connectivity index (χ1n) is 7.47. The molecule has 1 aromatic carbocycles. The smallest absolute Gasteiger partial charge is 0.257 e. The molecule has 0 saturated carbocycles. The van der Waals surface area contributed by atoms with Gasteiger partial charge in [-0.3, -0.25) is 4.79 Å². The second kappa shape index (κ2) is 8.55. The van der Waals surface area contributed by atoms with Crippen molar-refractivity contribution in [1.82, 2.24) is 5.32 Å². The number of ether oxygens (including phenoxy) is 2. The number of rotatable bonds is 8. The van der Waals surface area contributed by atoms with Crippen molar-refractivity contribution in [2.45, 2.75) is 27.7 Å². The topological polar surface area (TPSA) is 47.6 Å². The summed E-state index contributed by atoms with van der Waals surface area (Å²) in [5.41, 5.74) is 0. The molecule has 118 valence electrons. The van der Waals surface area contributed by atoms with Crippen LogP contribution in [0.4, 0.5) is 0 Å². The maximum Gasteiger partial charge on any atom is 0.257 e. The summed E-state index contributed by atoms with van der Waals surface area (Å²) in [5, 5.41) is 2.95. The lowest BCUT2D eigenvalue weighted by Crippen LogP contribution is -2.36. The van der Waals surface area contributed by atoms with E-state index in [2.05, 4.69) is 33.0 Å². The SMILES string of the molecule is COc1ccc(OCC(=O)NCC(C(C)C)C(C)C)cc1. The lowest BCUT2D eigenvalue weighted by Gasteiger charge is -2.25. The van der Waals surface area contributed by atoms with Crippen LogP contribution < -0.4 is 14.8 Å². The number of hydrogen-bond acceptors (Lipinski definition) is 3. The molecule has 0 aromatic heterocycles. The first kappa shape index (κ1) is 17.3. The Morgan fingerprint density at radius 1 is 1.05 bits per heavy atom. The fourth-order valence-electron chi connectivity index (χ4n) is 2.34. The molecule has 1 aromatic rings. The normalized spacial score (nSPS) is 11.0. The third kappa shape index (κ3) is 6.06. The van der Waals surface area contributed by atoms with Gasteiger partial charge in [0.2, 0.25) is 0 Å². The lowest BCUT2D eigenvalue weighted by molar-refractivity contribution is -0.123. The van der Waals surface area contributed by atoms with Crippen molar-refractivity contribution < 1.29 is 14.3 Å². The van der Waals surface area contributed by atoms with Gasteiger partial charge in [-0.05, 0) is 42.0 Å². The van der Waals surface area contributed by atoms with E-state index in [1.807, 2.05) is 0 Å². The highest BCUT2D eigenvalue weighted by atomic mass is 16.5. The maximum absolute atomic E-state index is 11.8. The van der Waals surface area contributed by atoms with Crippen molar-refractivity contribution >= 4 is 5.91 Å². The Bertz CT molecular complexity index is 418. The van der Waals surface area contributed by atoms with Crippen LogP contribution in [0.2, 0.25) is 0 Å². The molecular weight excluding hydrogens is 266 g/mol. The summed E-state index contributed by atoms with van der Waals surface area (Å²) in [7, 11) is 1.61. The fourth-order valence-corrected chi connectivity index (χ4v) is 2.34. The molecule has 0 fully saturated rings. The number of methoxy groups -OCH3 is 1. The molecule has 1 rings (SSSR count). The summed E-state index contributed by atoms with van der Waals surface area (Å²) in [5.74, 6) is 2.92. The van der Waals surface area contributed by atoms with Crippen LogP contribution in [0.5, 0.6) is 11.5 Å². The van der Waals surface area contributed by atoms with Crippen molar-refractivity contribution in [2.75, 3.05) is 20.3 Å². The van der Waals surface area contributed by atoms with Gasteiger partial charge in [-0.25, -0.2) is 0 Å². The predicted molar refractivity (Wildman–Crippen MR) is 84.7 cm³/mol. The first-order valence-corrected chi connectivity index (χ1v) is 7.47. The van der Waals surface area contributed by atoms with Gasteiger partial charge in [0.25, 0.3) is 5.91 Å². The van der Waals surface area contributed by atoms with Gasteiger partial charge in [-0.2, -0.15) is 0 Å². The minimum Gasteiger partial charge on any atom is -0.497 e. The Kier molecular flexibility index (Phi) is 7.06. The molecule has 0 heterocycles. The van der Waals surface area contributed by atoms with E-state index in [1.54, 1.807) is 31.4 Å². The van der Waals surface area contributed by atoms with Crippen molar-refractivity contribution in [3.63, 3.8) is 0 Å². The van der Waals surface area contributed by atoms with E-state index in [-0.39, 0.29) is 12.5 Å². The van der Waals surface area contributed by atoms with Crippen LogP contribution >= 0.6 is 0 Å². The number of amides is 1. The molecule has 0 bridgehead atoms. The summed E-state index contributed by atoms with van der Waals surface area (Å²) in [6.45, 7) is 9.47. The highest BCUT2D eigenvalue weighted by Gasteiger charge is 2.18. The standard InChI is InChI=1S/C17H27NO3/c1-12(2)16(13(3)4)10-18-17(19)11-21-15-8-6-14(20-5)7-9-15/h6-9,12-13,16H,10-11H2,1-5H3,(H,18,19). The average Bonchev–Trinajstić information content (AvgIpc) is 2.45. The zero-order valence-corrected chi connectivity index (χ0v) is 13.7. The molecule has 1 N–H and O–H groups in total. The Balaban J connectivity index is 2.36. The summed E-state index contributed by atoms with van der Waals surface area (Å²) in [4.78, 5) is 11.8. The van der Waals surface area contributed by atoms with Crippen molar-refractivity contribution in [1.29, 1.82) is 0 Å². The molecule has 0 saturated heterocycles. The molecule has 21 heavy (non-hydrogen) atoms. The van der Waals surface area contributed by atoms with E-state index in [4.69, 9.17) is 9.47 Å². The Morgan fingerprint density at radius 3 is 2.05 bits per heavy atom. The molecule has 0 atom stereocenters. The molecule has 0 aliphatic heterocycles. The second-order valence-electron chi connectivity index (χ2n) is 5.92. The van der Waals surface area contributed by atoms with Crippen LogP contribution in [0.15, 0.2) is 24.3 Å². The number of nitrogens with one attached hydrogen (secondary N) is 1. The highest BCUT2D eigenvalue weighted by Crippen LogP contribution is 2.19. The van der Waals surface area contributed by atoms with Gasteiger partial charge in [-0.1, -0.05) is 27.7 Å². The van der Waals surface area contributed by atoms with Gasteiger partial charge in [0.15, 0.2) is 6.61 Å². The van der Waals surface area contributed by atoms with E-state index in [1.165, 1.54) is 0 Å². The molecule has 0 spiro atoms. The minimum absolute atomic E-state index is 0.0369. The van der Waals surface area contributed by atoms with Crippen LogP contribution in [0, 0.1) is 17.8 Å². The third-order valence-electron chi connectivity index (χ3n) is 3.68. The van der Waals surface area contributed by atoms with Gasteiger partial charge < -0.3 is 14.8 Å². The van der Waals surface area contributed by atoms with E-state index in [0.29, 0.717) is 30.0 Å². The number of benzene rings is 1. The second-order valence-corrected chi connectivity index (χ2v) is 5.92. The molecule has 0 radical (unpaired) electrons. The molecule has 4 nitrogen and oxygen atoms in total. The van der Waals surface area contributed by atoms with Gasteiger partial charge >= 0.3 is 0 Å². The third-order valence-corrected chi connectivity index (χ3v) is 3.68. The fraction of sp³-hybridized carbons (Fsp3) is 0.588. The molecular formula is C17H27NO3. The molecule has 4 heteroatoms. The summed E-state index contributed by atoms with van der Waals surface area (Å²) < 4.78 is 10.5.